The van der Waals surface area contributed by atoms with Crippen molar-refractivity contribution in [2.24, 2.45) is 0 Å². The van der Waals surface area contributed by atoms with Gasteiger partial charge in [0.2, 0.25) is 5.76 Å². The Morgan fingerprint density at radius 1 is 1.04 bits per heavy atom. The molecule has 0 aromatic heterocycles. The Hall–Kier alpha value is -2.59. The molecule has 4 nitrogen and oxygen atoms in total. The third-order valence-corrected chi connectivity index (χ3v) is 3.52. The molecule has 0 radical (unpaired) electrons. The second-order valence-electron chi connectivity index (χ2n) is 5.99. The Labute approximate surface area is 148 Å². The molecule has 0 saturated heterocycles. The van der Waals surface area contributed by atoms with Crippen LogP contribution in [-0.2, 0) is 20.9 Å². The Balaban J connectivity index is 2.11. The number of carbonyl (C=O) groups is 1. The van der Waals surface area contributed by atoms with Crippen molar-refractivity contribution in [2.75, 3.05) is 0 Å². The van der Waals surface area contributed by atoms with Crippen LogP contribution in [0.3, 0.4) is 0 Å². The molecule has 0 amide bonds. The highest BCUT2D eigenvalue weighted by Crippen LogP contribution is 2.14. The maximum atomic E-state index is 12.5. The van der Waals surface area contributed by atoms with Crippen LogP contribution in [0.15, 0.2) is 66.4 Å². The molecule has 4 heteroatoms. The van der Waals surface area contributed by atoms with E-state index in [-0.39, 0.29) is 12.4 Å². The average Bonchev–Trinajstić information content (AvgIpc) is 2.59. The van der Waals surface area contributed by atoms with Crippen LogP contribution < -0.4 is 0 Å². The summed E-state index contributed by atoms with van der Waals surface area (Å²) in [5.74, 6) is -0.388. The third kappa shape index (κ3) is 6.81. The largest absolute Gasteiger partial charge is 0.482 e. The molecule has 0 unspecified atom stereocenters. The summed E-state index contributed by atoms with van der Waals surface area (Å²) in [6, 6.07) is 19.1. The van der Waals surface area contributed by atoms with Crippen molar-refractivity contribution in [2.45, 2.75) is 39.1 Å². The van der Waals surface area contributed by atoms with Crippen LogP contribution in [0.25, 0.3) is 6.08 Å². The fourth-order valence-electron chi connectivity index (χ4n) is 2.36. The van der Waals surface area contributed by atoms with E-state index >= 15 is 0 Å². The summed E-state index contributed by atoms with van der Waals surface area (Å²) in [4.78, 5) is 12.5. The summed E-state index contributed by atoms with van der Waals surface area (Å²) < 4.78 is 11.1. The van der Waals surface area contributed by atoms with E-state index in [1.54, 1.807) is 19.9 Å². The summed E-state index contributed by atoms with van der Waals surface area (Å²) >= 11 is 0. The second-order valence-corrected chi connectivity index (χ2v) is 5.99. The second kappa shape index (κ2) is 9.64. The van der Waals surface area contributed by atoms with Crippen molar-refractivity contribution in [3.05, 3.63) is 77.5 Å². The first-order valence-corrected chi connectivity index (χ1v) is 8.37. The van der Waals surface area contributed by atoms with E-state index in [0.29, 0.717) is 6.42 Å². The van der Waals surface area contributed by atoms with Gasteiger partial charge >= 0.3 is 5.97 Å². The van der Waals surface area contributed by atoms with Crippen molar-refractivity contribution >= 4 is 12.0 Å². The van der Waals surface area contributed by atoms with Gasteiger partial charge in [0.1, 0.15) is 12.7 Å². The highest BCUT2D eigenvalue weighted by Gasteiger charge is 2.18. The van der Waals surface area contributed by atoms with Crippen molar-refractivity contribution < 1.29 is 19.4 Å². The lowest BCUT2D eigenvalue weighted by molar-refractivity contribution is -0.148. The fourth-order valence-corrected chi connectivity index (χ4v) is 2.36. The van der Waals surface area contributed by atoms with Crippen LogP contribution in [0.2, 0.25) is 0 Å². The predicted octanol–water partition coefficient (Wildman–Crippen LogP) is 3.95. The average molecular weight is 340 g/mol. The van der Waals surface area contributed by atoms with E-state index < -0.39 is 18.2 Å². The molecule has 0 aliphatic heterocycles. The lowest BCUT2D eigenvalue weighted by Gasteiger charge is -2.16. The predicted molar refractivity (Wildman–Crippen MR) is 97.5 cm³/mol. The van der Waals surface area contributed by atoms with E-state index in [1.807, 2.05) is 60.7 Å². The van der Waals surface area contributed by atoms with E-state index in [9.17, 15) is 9.90 Å². The smallest absolute Gasteiger partial charge is 0.373 e. The molecule has 0 spiro atoms. The lowest BCUT2D eigenvalue weighted by atomic mass is 10.2. The number of aliphatic hydroxyl groups is 1. The maximum absolute atomic E-state index is 12.5. The first kappa shape index (κ1) is 18.7. The van der Waals surface area contributed by atoms with E-state index in [0.717, 1.165) is 11.1 Å². The molecule has 2 rings (SSSR count). The maximum Gasteiger partial charge on any atom is 0.373 e. The van der Waals surface area contributed by atoms with Gasteiger partial charge in [-0.2, -0.15) is 0 Å². The normalized spacial score (nSPS) is 13.8. The van der Waals surface area contributed by atoms with Gasteiger partial charge in [-0.3, -0.25) is 0 Å². The van der Waals surface area contributed by atoms with E-state index in [1.165, 1.54) is 0 Å². The topological polar surface area (TPSA) is 55.8 Å². The summed E-state index contributed by atoms with van der Waals surface area (Å²) in [6.07, 6.45) is 1.12. The van der Waals surface area contributed by atoms with Crippen molar-refractivity contribution in [3.63, 3.8) is 0 Å². The van der Waals surface area contributed by atoms with Crippen LogP contribution in [-0.4, -0.2) is 23.3 Å². The Bertz CT molecular complexity index is 678. The molecular weight excluding hydrogens is 316 g/mol. The van der Waals surface area contributed by atoms with Gasteiger partial charge in [-0.15, -0.1) is 0 Å². The molecule has 2 aromatic rings. The zero-order valence-corrected chi connectivity index (χ0v) is 14.6. The minimum atomic E-state index is -0.534. The number of carbonyl (C=O) groups excluding carboxylic acids is 1. The van der Waals surface area contributed by atoms with Gasteiger partial charge in [0, 0.05) is 6.42 Å². The van der Waals surface area contributed by atoms with Gasteiger partial charge < -0.3 is 14.6 Å². The van der Waals surface area contributed by atoms with Gasteiger partial charge in [0.15, 0.2) is 0 Å². The molecule has 25 heavy (non-hydrogen) atoms. The third-order valence-electron chi connectivity index (χ3n) is 3.52. The van der Waals surface area contributed by atoms with Crippen LogP contribution >= 0.6 is 0 Å². The summed E-state index contributed by atoms with van der Waals surface area (Å²) in [7, 11) is 0. The quantitative estimate of drug-likeness (QED) is 0.449. The van der Waals surface area contributed by atoms with Gasteiger partial charge in [0.25, 0.3) is 0 Å². The van der Waals surface area contributed by atoms with Crippen molar-refractivity contribution in [1.82, 2.24) is 0 Å². The highest BCUT2D eigenvalue weighted by atomic mass is 16.6. The van der Waals surface area contributed by atoms with Gasteiger partial charge in [-0.25, -0.2) is 4.79 Å². The number of benzene rings is 2. The first-order chi connectivity index (χ1) is 12.0. The fraction of sp³-hybridized carbons (Fsp3) is 0.286. The van der Waals surface area contributed by atoms with Crippen LogP contribution in [0.4, 0.5) is 0 Å². The number of hydrogen-bond acceptors (Lipinski definition) is 4. The Morgan fingerprint density at radius 3 is 2.24 bits per heavy atom. The van der Waals surface area contributed by atoms with E-state index in [4.69, 9.17) is 9.47 Å². The van der Waals surface area contributed by atoms with Crippen LogP contribution in [0.5, 0.6) is 0 Å². The Morgan fingerprint density at radius 2 is 1.64 bits per heavy atom. The van der Waals surface area contributed by atoms with Crippen molar-refractivity contribution in [1.29, 1.82) is 0 Å². The molecule has 0 fully saturated rings. The van der Waals surface area contributed by atoms with Crippen LogP contribution in [0.1, 0.15) is 31.4 Å². The lowest BCUT2D eigenvalue weighted by Crippen LogP contribution is -2.21. The number of ether oxygens (including phenoxy) is 2. The minimum Gasteiger partial charge on any atom is -0.482 e. The molecule has 0 bridgehead atoms. The molecule has 0 heterocycles. The highest BCUT2D eigenvalue weighted by molar-refractivity contribution is 5.91. The number of esters is 1. The molecule has 0 aliphatic rings. The monoisotopic (exact) mass is 340 g/mol. The number of aliphatic hydroxyl groups excluding tert-OH is 1. The molecule has 2 aromatic carbocycles. The minimum absolute atomic E-state index is 0.146. The standard InChI is InChI=1S/C21H24O4/c1-16(22)13-17(2)25-21(23)20(14-18-9-5-3-6-10-18)24-15-19-11-7-4-8-12-19/h3-12,14,16-17,22H,13,15H2,1-2H3/t16-,17+/m0/s1. The number of hydrogen-bond donors (Lipinski definition) is 1. The summed E-state index contributed by atoms with van der Waals surface area (Å²) in [5, 5.41) is 9.42. The molecule has 132 valence electrons. The van der Waals surface area contributed by atoms with Gasteiger partial charge in [-0.1, -0.05) is 60.7 Å². The molecule has 2 atom stereocenters. The van der Waals surface area contributed by atoms with E-state index in [2.05, 4.69) is 0 Å². The zero-order valence-electron chi connectivity index (χ0n) is 14.6. The zero-order chi connectivity index (χ0) is 18.1. The molecule has 0 saturated carbocycles. The molecule has 0 aliphatic carbocycles. The molecular formula is C21H24O4. The van der Waals surface area contributed by atoms with Gasteiger partial charge in [0.05, 0.1) is 6.10 Å². The SMILES string of the molecule is C[C@H](O)C[C@@H](C)OC(=O)C(=Cc1ccccc1)OCc1ccccc1. The molecule has 1 N–H and O–H groups in total. The van der Waals surface area contributed by atoms with Gasteiger partial charge in [-0.05, 0) is 31.1 Å². The van der Waals surface area contributed by atoms with Crippen LogP contribution in [0, 0.1) is 0 Å². The Kier molecular flexibility index (Phi) is 7.23. The summed E-state index contributed by atoms with van der Waals surface area (Å²) in [6.45, 7) is 3.69. The number of rotatable bonds is 8. The summed E-state index contributed by atoms with van der Waals surface area (Å²) in [5.41, 5.74) is 1.82. The first-order valence-electron chi connectivity index (χ1n) is 8.37. The van der Waals surface area contributed by atoms with Crippen molar-refractivity contribution in [3.8, 4) is 0 Å².